The van der Waals surface area contributed by atoms with E-state index in [1.165, 1.54) is 0 Å². The number of carbonyl (C=O) groups excluding carboxylic acids is 1. The number of halogens is 1. The first-order valence-electron chi connectivity index (χ1n) is 5.90. The van der Waals surface area contributed by atoms with Gasteiger partial charge in [-0.05, 0) is 30.2 Å². The van der Waals surface area contributed by atoms with Crippen LogP contribution in [0.5, 0.6) is 5.75 Å². The van der Waals surface area contributed by atoms with Gasteiger partial charge in [0.1, 0.15) is 5.75 Å². The van der Waals surface area contributed by atoms with Crippen molar-refractivity contribution in [3.05, 3.63) is 28.2 Å². The molecule has 5 heteroatoms. The van der Waals surface area contributed by atoms with E-state index in [0.29, 0.717) is 13.2 Å². The Balaban J connectivity index is 2.45. The molecule has 0 fully saturated rings. The summed E-state index contributed by atoms with van der Waals surface area (Å²) in [5, 5.41) is 2.70. The lowest BCUT2D eigenvalue weighted by Gasteiger charge is -2.09. The second-order valence-corrected chi connectivity index (χ2v) is 4.65. The Morgan fingerprint density at radius 2 is 2.22 bits per heavy atom. The molecule has 1 amide bonds. The van der Waals surface area contributed by atoms with Gasteiger partial charge in [-0.3, -0.25) is 0 Å². The van der Waals surface area contributed by atoms with Crippen molar-refractivity contribution < 1.29 is 14.3 Å². The molecule has 0 heterocycles. The van der Waals surface area contributed by atoms with Crippen molar-refractivity contribution in [1.82, 2.24) is 5.32 Å². The molecular formula is C13H18BrNO3. The van der Waals surface area contributed by atoms with Crippen molar-refractivity contribution in [1.29, 1.82) is 0 Å². The Morgan fingerprint density at radius 3 is 2.89 bits per heavy atom. The van der Waals surface area contributed by atoms with E-state index < -0.39 is 6.09 Å². The minimum atomic E-state index is -0.391. The van der Waals surface area contributed by atoms with E-state index in [2.05, 4.69) is 28.2 Å². The fraction of sp³-hybridized carbons (Fsp3) is 0.462. The lowest BCUT2D eigenvalue weighted by atomic mass is 10.2. The number of carbonyl (C=O) groups is 1. The van der Waals surface area contributed by atoms with Gasteiger partial charge in [0.15, 0.2) is 0 Å². The number of amides is 1. The Hall–Kier alpha value is -1.23. The van der Waals surface area contributed by atoms with Gasteiger partial charge in [0.05, 0.1) is 13.7 Å². The number of nitrogens with one attached hydrogen (secondary N) is 1. The fourth-order valence-electron chi connectivity index (χ4n) is 1.34. The largest absolute Gasteiger partial charge is 0.497 e. The summed E-state index contributed by atoms with van der Waals surface area (Å²) in [6.07, 6.45) is 1.50. The number of unbranched alkanes of at least 4 members (excludes halogenated alkanes) is 1. The fourth-order valence-corrected chi connectivity index (χ4v) is 1.73. The summed E-state index contributed by atoms with van der Waals surface area (Å²) in [4.78, 5) is 11.4. The predicted molar refractivity (Wildman–Crippen MR) is 73.8 cm³/mol. The molecule has 18 heavy (non-hydrogen) atoms. The van der Waals surface area contributed by atoms with E-state index in [-0.39, 0.29) is 0 Å². The molecule has 0 saturated carbocycles. The first-order chi connectivity index (χ1) is 8.67. The van der Waals surface area contributed by atoms with Crippen molar-refractivity contribution in [2.24, 2.45) is 0 Å². The summed E-state index contributed by atoms with van der Waals surface area (Å²) in [6.45, 7) is 2.92. The number of ether oxygens (including phenoxy) is 2. The van der Waals surface area contributed by atoms with Gasteiger partial charge in [-0.25, -0.2) is 4.79 Å². The van der Waals surface area contributed by atoms with Crippen LogP contribution < -0.4 is 10.1 Å². The average molecular weight is 316 g/mol. The molecule has 0 aromatic heterocycles. The zero-order valence-corrected chi connectivity index (χ0v) is 12.2. The third-order valence-electron chi connectivity index (χ3n) is 2.41. The van der Waals surface area contributed by atoms with E-state index in [0.717, 1.165) is 28.6 Å². The lowest BCUT2D eigenvalue weighted by Crippen LogP contribution is -2.24. The van der Waals surface area contributed by atoms with Crippen LogP contribution in [0, 0.1) is 0 Å². The Morgan fingerprint density at radius 1 is 1.44 bits per heavy atom. The van der Waals surface area contributed by atoms with Gasteiger partial charge in [-0.1, -0.05) is 29.3 Å². The summed E-state index contributed by atoms with van der Waals surface area (Å²) in [5.74, 6) is 0.759. The first kappa shape index (κ1) is 14.8. The number of hydrogen-bond donors (Lipinski definition) is 1. The topological polar surface area (TPSA) is 47.6 Å². The van der Waals surface area contributed by atoms with Crippen molar-refractivity contribution in [3.63, 3.8) is 0 Å². The minimum Gasteiger partial charge on any atom is -0.497 e. The van der Waals surface area contributed by atoms with Crippen LogP contribution in [-0.4, -0.2) is 19.8 Å². The van der Waals surface area contributed by atoms with Crippen molar-refractivity contribution >= 4 is 22.0 Å². The molecular weight excluding hydrogens is 298 g/mol. The van der Waals surface area contributed by atoms with Crippen molar-refractivity contribution in [2.75, 3.05) is 13.7 Å². The molecule has 1 aromatic rings. The van der Waals surface area contributed by atoms with Gasteiger partial charge >= 0.3 is 6.09 Å². The number of alkyl carbamates (subject to hydrolysis) is 1. The van der Waals surface area contributed by atoms with Crippen LogP contribution in [0.4, 0.5) is 4.79 Å². The molecule has 0 saturated heterocycles. The third-order valence-corrected chi connectivity index (χ3v) is 3.18. The summed E-state index contributed by atoms with van der Waals surface area (Å²) < 4.78 is 11.1. The summed E-state index contributed by atoms with van der Waals surface area (Å²) in [5.41, 5.74) is 0.946. The second-order valence-electron chi connectivity index (χ2n) is 3.80. The van der Waals surface area contributed by atoms with Gasteiger partial charge < -0.3 is 14.8 Å². The van der Waals surface area contributed by atoms with Crippen molar-refractivity contribution in [3.8, 4) is 5.75 Å². The van der Waals surface area contributed by atoms with E-state index >= 15 is 0 Å². The highest BCUT2D eigenvalue weighted by atomic mass is 79.9. The number of hydrogen-bond acceptors (Lipinski definition) is 3. The molecule has 0 bridgehead atoms. The molecule has 100 valence electrons. The highest BCUT2D eigenvalue weighted by molar-refractivity contribution is 9.10. The molecule has 1 N–H and O–H groups in total. The van der Waals surface area contributed by atoms with Crippen LogP contribution in [0.15, 0.2) is 22.7 Å². The van der Waals surface area contributed by atoms with Crippen LogP contribution >= 0.6 is 15.9 Å². The van der Waals surface area contributed by atoms with E-state index in [1.807, 2.05) is 18.2 Å². The molecule has 0 unspecified atom stereocenters. The van der Waals surface area contributed by atoms with Crippen LogP contribution in [0.3, 0.4) is 0 Å². The number of rotatable bonds is 6. The van der Waals surface area contributed by atoms with E-state index in [1.54, 1.807) is 7.11 Å². The summed E-state index contributed by atoms with van der Waals surface area (Å²) in [7, 11) is 1.61. The van der Waals surface area contributed by atoms with Crippen molar-refractivity contribution in [2.45, 2.75) is 26.3 Å². The molecule has 0 spiro atoms. The molecule has 0 aliphatic carbocycles. The molecule has 0 atom stereocenters. The first-order valence-corrected chi connectivity index (χ1v) is 6.69. The quantitative estimate of drug-likeness (QED) is 0.817. The van der Waals surface area contributed by atoms with Gasteiger partial charge in [0, 0.05) is 11.0 Å². The van der Waals surface area contributed by atoms with Crippen LogP contribution in [0.1, 0.15) is 25.3 Å². The Kier molecular flexibility index (Phi) is 6.57. The van der Waals surface area contributed by atoms with Crippen LogP contribution in [0.25, 0.3) is 0 Å². The minimum absolute atomic E-state index is 0.391. The molecule has 4 nitrogen and oxygen atoms in total. The zero-order chi connectivity index (χ0) is 13.4. The Labute approximate surface area is 116 Å². The highest BCUT2D eigenvalue weighted by Gasteiger charge is 2.05. The summed E-state index contributed by atoms with van der Waals surface area (Å²) in [6, 6.07) is 5.61. The molecule has 0 aliphatic heterocycles. The third kappa shape index (κ3) is 4.96. The SMILES string of the molecule is CCCCOC(=O)NCc1cc(OC)ccc1Br. The predicted octanol–water partition coefficient (Wildman–Crippen LogP) is 3.48. The Bertz CT molecular complexity index is 396. The monoisotopic (exact) mass is 315 g/mol. The highest BCUT2D eigenvalue weighted by Crippen LogP contribution is 2.22. The molecule has 0 aliphatic rings. The molecule has 1 rings (SSSR count). The van der Waals surface area contributed by atoms with E-state index in [4.69, 9.17) is 9.47 Å². The van der Waals surface area contributed by atoms with Gasteiger partial charge in [0.25, 0.3) is 0 Å². The maximum Gasteiger partial charge on any atom is 0.407 e. The maximum atomic E-state index is 11.4. The lowest BCUT2D eigenvalue weighted by molar-refractivity contribution is 0.144. The second kappa shape index (κ2) is 7.97. The van der Waals surface area contributed by atoms with Gasteiger partial charge in [0.2, 0.25) is 0 Å². The maximum absolute atomic E-state index is 11.4. The van der Waals surface area contributed by atoms with Gasteiger partial charge in [-0.15, -0.1) is 0 Å². The summed E-state index contributed by atoms with van der Waals surface area (Å²) >= 11 is 3.43. The zero-order valence-electron chi connectivity index (χ0n) is 10.7. The standard InChI is InChI=1S/C13H18BrNO3/c1-3-4-7-18-13(16)15-9-10-8-11(17-2)5-6-12(10)14/h5-6,8H,3-4,7,9H2,1-2H3,(H,15,16). The smallest absolute Gasteiger partial charge is 0.407 e. The van der Waals surface area contributed by atoms with Crippen LogP contribution in [0.2, 0.25) is 0 Å². The number of methoxy groups -OCH3 is 1. The van der Waals surface area contributed by atoms with Crippen LogP contribution in [-0.2, 0) is 11.3 Å². The molecule has 1 aromatic carbocycles. The van der Waals surface area contributed by atoms with Gasteiger partial charge in [-0.2, -0.15) is 0 Å². The average Bonchev–Trinajstić information content (AvgIpc) is 2.38. The van der Waals surface area contributed by atoms with E-state index in [9.17, 15) is 4.79 Å². The normalized spacial score (nSPS) is 9.94. The molecule has 0 radical (unpaired) electrons. The number of benzene rings is 1.